The zero-order valence-electron chi connectivity index (χ0n) is 15.1. The van der Waals surface area contributed by atoms with Gasteiger partial charge in [0, 0.05) is 32.4 Å². The van der Waals surface area contributed by atoms with E-state index in [4.69, 9.17) is 10.5 Å². The normalized spacial score (nSPS) is 17.5. The summed E-state index contributed by atoms with van der Waals surface area (Å²) in [5.41, 5.74) is 6.42. The monoisotopic (exact) mass is 406 g/mol. The molecule has 0 radical (unpaired) electrons. The summed E-state index contributed by atoms with van der Waals surface area (Å²) in [6.07, 6.45) is 1.56. The minimum Gasteiger partial charge on any atom is -0.380 e. The van der Waals surface area contributed by atoms with Gasteiger partial charge in [-0.3, -0.25) is 9.59 Å². The number of aromatic nitrogens is 1. The number of carbonyl (C=O) groups excluding carboxylic acids is 2. The van der Waals surface area contributed by atoms with Crippen molar-refractivity contribution in [3.63, 3.8) is 0 Å². The standard InChI is InChI=1S/C17H26N4O3.2ClH/c1-12-5-3-7-15(19-12)20-17(23)13-6-4-8-21(11-13)16(22)9-14(10-18)24-2;;/h3,5,7,13-14H,4,6,8-11,18H2,1-2H3,(H,19,20,23);2*1H. The minimum absolute atomic E-state index is 0. The summed E-state index contributed by atoms with van der Waals surface area (Å²) < 4.78 is 5.17. The number of hydrogen-bond donors (Lipinski definition) is 2. The number of anilines is 1. The molecule has 2 rings (SSSR count). The first-order chi connectivity index (χ1) is 11.5. The Balaban J connectivity index is 0.00000312. The third kappa shape index (κ3) is 7.07. The lowest BCUT2D eigenvalue weighted by molar-refractivity contribution is -0.136. The lowest BCUT2D eigenvalue weighted by Gasteiger charge is -2.32. The van der Waals surface area contributed by atoms with Crippen LogP contribution < -0.4 is 11.1 Å². The number of halogens is 2. The fraction of sp³-hybridized carbons (Fsp3) is 0.588. The number of methoxy groups -OCH3 is 1. The molecule has 2 atom stereocenters. The van der Waals surface area contributed by atoms with Gasteiger partial charge in [-0.2, -0.15) is 0 Å². The SMILES string of the molecule is COC(CN)CC(=O)N1CCCC(C(=O)Nc2cccc(C)n2)C1.Cl.Cl. The Morgan fingerprint density at radius 3 is 2.77 bits per heavy atom. The second kappa shape index (κ2) is 12.1. The summed E-state index contributed by atoms with van der Waals surface area (Å²) in [6, 6.07) is 5.49. The lowest BCUT2D eigenvalue weighted by atomic mass is 9.96. The second-order valence-electron chi connectivity index (χ2n) is 6.13. The van der Waals surface area contributed by atoms with Crippen LogP contribution in [0.2, 0.25) is 0 Å². The first-order valence-electron chi connectivity index (χ1n) is 8.28. The third-order valence-corrected chi connectivity index (χ3v) is 4.28. The van der Waals surface area contributed by atoms with Gasteiger partial charge in [0.15, 0.2) is 0 Å². The number of pyridine rings is 1. The van der Waals surface area contributed by atoms with Crippen LogP contribution in [0, 0.1) is 12.8 Å². The molecule has 0 aromatic carbocycles. The molecule has 1 aliphatic rings. The Bertz CT molecular complexity index is 585. The van der Waals surface area contributed by atoms with Crippen molar-refractivity contribution in [3.8, 4) is 0 Å². The molecule has 0 aliphatic carbocycles. The summed E-state index contributed by atoms with van der Waals surface area (Å²) >= 11 is 0. The van der Waals surface area contributed by atoms with Crippen molar-refractivity contribution in [2.45, 2.75) is 32.3 Å². The second-order valence-corrected chi connectivity index (χ2v) is 6.13. The fourth-order valence-electron chi connectivity index (χ4n) is 2.85. The molecule has 26 heavy (non-hydrogen) atoms. The highest BCUT2D eigenvalue weighted by atomic mass is 35.5. The average Bonchev–Trinajstić information content (AvgIpc) is 2.59. The average molecular weight is 407 g/mol. The maximum Gasteiger partial charge on any atom is 0.230 e. The molecule has 148 valence electrons. The van der Waals surface area contributed by atoms with Crippen LogP contribution in [-0.4, -0.2) is 54.5 Å². The molecule has 9 heteroatoms. The third-order valence-electron chi connectivity index (χ3n) is 4.28. The van der Waals surface area contributed by atoms with Gasteiger partial charge in [0.2, 0.25) is 11.8 Å². The number of piperidine rings is 1. The lowest BCUT2D eigenvalue weighted by Crippen LogP contribution is -2.45. The van der Waals surface area contributed by atoms with Crippen molar-refractivity contribution < 1.29 is 14.3 Å². The van der Waals surface area contributed by atoms with Gasteiger partial charge in [-0.25, -0.2) is 4.98 Å². The molecule has 1 aromatic rings. The number of nitrogens with zero attached hydrogens (tertiary/aromatic N) is 2. The summed E-state index contributed by atoms with van der Waals surface area (Å²) in [5.74, 6) is 0.223. The van der Waals surface area contributed by atoms with Crippen LogP contribution in [0.1, 0.15) is 25.0 Å². The molecule has 1 aliphatic heterocycles. The summed E-state index contributed by atoms with van der Waals surface area (Å²) in [5, 5.41) is 2.84. The Labute approximate surface area is 166 Å². The van der Waals surface area contributed by atoms with E-state index in [1.165, 1.54) is 0 Å². The number of nitrogens with one attached hydrogen (secondary N) is 1. The molecule has 2 amide bonds. The molecule has 2 unspecified atom stereocenters. The Hall–Kier alpha value is -1.41. The molecule has 0 bridgehead atoms. The molecule has 0 saturated carbocycles. The minimum atomic E-state index is -0.275. The first kappa shape index (κ1) is 24.6. The zero-order valence-corrected chi connectivity index (χ0v) is 16.8. The number of likely N-dealkylation sites (tertiary alicyclic amines) is 1. The van der Waals surface area contributed by atoms with E-state index in [-0.39, 0.29) is 55.1 Å². The maximum atomic E-state index is 12.4. The number of ether oxygens (including phenoxy) is 1. The van der Waals surface area contributed by atoms with E-state index >= 15 is 0 Å². The van der Waals surface area contributed by atoms with Crippen molar-refractivity contribution >= 4 is 42.4 Å². The van der Waals surface area contributed by atoms with E-state index < -0.39 is 0 Å². The van der Waals surface area contributed by atoms with Gasteiger partial charge >= 0.3 is 0 Å². The van der Waals surface area contributed by atoms with Gasteiger partial charge in [0.25, 0.3) is 0 Å². The molecule has 7 nitrogen and oxygen atoms in total. The highest BCUT2D eigenvalue weighted by Gasteiger charge is 2.29. The highest BCUT2D eigenvalue weighted by Crippen LogP contribution is 2.19. The predicted octanol–water partition coefficient (Wildman–Crippen LogP) is 1.77. The predicted molar refractivity (Wildman–Crippen MR) is 106 cm³/mol. The van der Waals surface area contributed by atoms with E-state index in [9.17, 15) is 9.59 Å². The van der Waals surface area contributed by atoms with Crippen LogP contribution in [0.15, 0.2) is 18.2 Å². The summed E-state index contributed by atoms with van der Waals surface area (Å²) in [4.78, 5) is 30.8. The number of amides is 2. The molecule has 2 heterocycles. The van der Waals surface area contributed by atoms with Crippen LogP contribution in [-0.2, 0) is 14.3 Å². The Morgan fingerprint density at radius 2 is 2.15 bits per heavy atom. The number of aryl methyl sites for hydroxylation is 1. The van der Waals surface area contributed by atoms with Crippen LogP contribution in [0.4, 0.5) is 5.82 Å². The molecule has 1 aromatic heterocycles. The molecule has 3 N–H and O–H groups in total. The van der Waals surface area contributed by atoms with Gasteiger partial charge in [-0.05, 0) is 31.9 Å². The maximum absolute atomic E-state index is 12.4. The van der Waals surface area contributed by atoms with Crippen LogP contribution >= 0.6 is 24.8 Å². The smallest absolute Gasteiger partial charge is 0.230 e. The van der Waals surface area contributed by atoms with Crippen LogP contribution in [0.25, 0.3) is 0 Å². The molecule has 1 fully saturated rings. The highest BCUT2D eigenvalue weighted by molar-refractivity contribution is 5.92. The number of rotatable bonds is 6. The van der Waals surface area contributed by atoms with Crippen LogP contribution in [0.5, 0.6) is 0 Å². The largest absolute Gasteiger partial charge is 0.380 e. The number of hydrogen-bond acceptors (Lipinski definition) is 5. The van der Waals surface area contributed by atoms with E-state index in [0.717, 1.165) is 18.5 Å². The quantitative estimate of drug-likeness (QED) is 0.749. The summed E-state index contributed by atoms with van der Waals surface area (Å²) in [7, 11) is 1.55. The summed E-state index contributed by atoms with van der Waals surface area (Å²) in [6.45, 7) is 3.28. The van der Waals surface area contributed by atoms with Crippen LogP contribution in [0.3, 0.4) is 0 Å². The fourth-order valence-corrected chi connectivity index (χ4v) is 2.85. The van der Waals surface area contributed by atoms with E-state index in [1.807, 2.05) is 19.1 Å². The van der Waals surface area contributed by atoms with Gasteiger partial charge in [-0.15, -0.1) is 24.8 Å². The van der Waals surface area contributed by atoms with E-state index in [0.29, 0.717) is 25.5 Å². The van der Waals surface area contributed by atoms with Crippen molar-refractivity contribution in [3.05, 3.63) is 23.9 Å². The Kier molecular flexibility index (Phi) is 11.4. The topological polar surface area (TPSA) is 97.5 Å². The number of nitrogens with two attached hydrogens (primary N) is 1. The van der Waals surface area contributed by atoms with Gasteiger partial charge in [0.1, 0.15) is 5.82 Å². The van der Waals surface area contributed by atoms with Gasteiger partial charge in [0.05, 0.1) is 18.4 Å². The van der Waals surface area contributed by atoms with Crippen molar-refractivity contribution in [2.24, 2.45) is 11.7 Å². The van der Waals surface area contributed by atoms with Crippen molar-refractivity contribution in [2.75, 3.05) is 32.1 Å². The zero-order chi connectivity index (χ0) is 17.5. The molecular weight excluding hydrogens is 379 g/mol. The first-order valence-corrected chi connectivity index (χ1v) is 8.28. The van der Waals surface area contributed by atoms with Crippen molar-refractivity contribution in [1.29, 1.82) is 0 Å². The van der Waals surface area contributed by atoms with E-state index in [1.54, 1.807) is 18.1 Å². The van der Waals surface area contributed by atoms with E-state index in [2.05, 4.69) is 10.3 Å². The molecular formula is C17H28Cl2N4O3. The molecule has 1 saturated heterocycles. The molecule has 0 spiro atoms. The van der Waals surface area contributed by atoms with Gasteiger partial charge < -0.3 is 20.7 Å². The number of carbonyl (C=O) groups is 2. The van der Waals surface area contributed by atoms with Gasteiger partial charge in [-0.1, -0.05) is 6.07 Å². The van der Waals surface area contributed by atoms with Crippen molar-refractivity contribution in [1.82, 2.24) is 9.88 Å². The Morgan fingerprint density at radius 1 is 1.42 bits per heavy atom.